The number of benzene rings is 1. The molecule has 2 rings (SSSR count). The van der Waals surface area contributed by atoms with Gasteiger partial charge in [0.25, 0.3) is 10.0 Å². The summed E-state index contributed by atoms with van der Waals surface area (Å²) in [5.41, 5.74) is 0.151. The van der Waals surface area contributed by atoms with Crippen molar-refractivity contribution in [1.29, 1.82) is 0 Å². The number of hydrogen-bond acceptors (Lipinski definition) is 3. The summed E-state index contributed by atoms with van der Waals surface area (Å²) >= 11 is 5.79. The zero-order valence-corrected chi connectivity index (χ0v) is 11.8. The van der Waals surface area contributed by atoms with E-state index >= 15 is 0 Å². The average Bonchev–Trinajstić information content (AvgIpc) is 2.67. The minimum Gasteiger partial charge on any atom is -0.324 e. The van der Waals surface area contributed by atoms with Crippen molar-refractivity contribution in [1.82, 2.24) is 14.3 Å². The van der Waals surface area contributed by atoms with Gasteiger partial charge in [-0.25, -0.2) is 26.9 Å². The number of nitrogens with one attached hydrogen (secondary N) is 1. The summed E-state index contributed by atoms with van der Waals surface area (Å²) < 4.78 is 53.4. The number of imidazole rings is 1. The number of halogens is 3. The maximum atomic E-state index is 13.0. The van der Waals surface area contributed by atoms with Gasteiger partial charge in [-0.1, -0.05) is 11.6 Å². The van der Waals surface area contributed by atoms with Gasteiger partial charge in [-0.15, -0.1) is 0 Å². The molecule has 0 saturated heterocycles. The van der Waals surface area contributed by atoms with Crippen LogP contribution in [0.5, 0.6) is 0 Å². The van der Waals surface area contributed by atoms with Crippen LogP contribution in [-0.4, -0.2) is 18.0 Å². The van der Waals surface area contributed by atoms with Gasteiger partial charge in [0.15, 0.2) is 0 Å². The first-order valence-electron chi connectivity index (χ1n) is 5.41. The Bertz CT molecular complexity index is 726. The Morgan fingerprint density at radius 1 is 1.30 bits per heavy atom. The van der Waals surface area contributed by atoms with E-state index < -0.39 is 21.7 Å². The minimum atomic E-state index is -3.95. The van der Waals surface area contributed by atoms with E-state index in [1.165, 1.54) is 17.9 Å². The molecular formula is C11H10ClF2N3O2S. The van der Waals surface area contributed by atoms with E-state index in [0.717, 1.165) is 12.1 Å². The third kappa shape index (κ3) is 3.14. The number of sulfonamides is 1. The molecule has 0 atom stereocenters. The smallest absolute Gasteiger partial charge is 0.261 e. The molecule has 1 N–H and O–H groups in total. The van der Waals surface area contributed by atoms with Crippen LogP contribution in [0.1, 0.15) is 5.56 Å². The molecular weight excluding hydrogens is 312 g/mol. The normalized spacial score (nSPS) is 11.8. The van der Waals surface area contributed by atoms with Gasteiger partial charge in [-0.3, -0.25) is 0 Å². The molecule has 0 unspecified atom stereocenters. The first-order chi connectivity index (χ1) is 9.29. The molecule has 5 nitrogen and oxygen atoms in total. The minimum absolute atomic E-state index is 0.0528. The van der Waals surface area contributed by atoms with Crippen LogP contribution in [0.25, 0.3) is 0 Å². The fourth-order valence-electron chi connectivity index (χ4n) is 1.53. The zero-order valence-electron chi connectivity index (χ0n) is 10.3. The third-order valence-corrected chi connectivity index (χ3v) is 4.37. The third-order valence-electron chi connectivity index (χ3n) is 2.48. The number of nitrogens with zero attached hydrogens (tertiary/aromatic N) is 2. The lowest BCUT2D eigenvalue weighted by Crippen LogP contribution is -2.24. The Labute approximate surface area is 119 Å². The largest absolute Gasteiger partial charge is 0.324 e. The van der Waals surface area contributed by atoms with Crippen molar-refractivity contribution in [2.24, 2.45) is 7.05 Å². The van der Waals surface area contributed by atoms with Gasteiger partial charge in [0.2, 0.25) is 5.03 Å². The Balaban J connectivity index is 2.19. The highest BCUT2D eigenvalue weighted by Crippen LogP contribution is 2.18. The quantitative estimate of drug-likeness (QED) is 0.934. The SMILES string of the molecule is Cn1cnc(S(=O)(=O)NCc2cc(F)cc(F)c2)c1Cl. The molecule has 20 heavy (non-hydrogen) atoms. The van der Waals surface area contributed by atoms with E-state index in [4.69, 9.17) is 11.6 Å². The molecule has 0 aliphatic rings. The Hall–Kier alpha value is -1.51. The summed E-state index contributed by atoms with van der Waals surface area (Å²) in [6.07, 6.45) is 1.25. The van der Waals surface area contributed by atoms with Crippen LogP contribution in [0.4, 0.5) is 8.78 Å². The topological polar surface area (TPSA) is 64.0 Å². The summed E-state index contributed by atoms with van der Waals surface area (Å²) in [6.45, 7) is -0.274. The Morgan fingerprint density at radius 2 is 1.90 bits per heavy atom. The molecule has 108 valence electrons. The summed E-state index contributed by atoms with van der Waals surface area (Å²) in [5.74, 6) is -1.56. The fraction of sp³-hybridized carbons (Fsp3) is 0.182. The van der Waals surface area contributed by atoms with Crippen molar-refractivity contribution in [3.8, 4) is 0 Å². The highest BCUT2D eigenvalue weighted by atomic mass is 35.5. The molecule has 0 spiro atoms. The average molecular weight is 322 g/mol. The van der Waals surface area contributed by atoms with Crippen LogP contribution < -0.4 is 4.72 Å². The van der Waals surface area contributed by atoms with E-state index in [2.05, 4.69) is 9.71 Å². The molecule has 1 aromatic heterocycles. The molecule has 0 bridgehead atoms. The Morgan fingerprint density at radius 3 is 2.40 bits per heavy atom. The molecule has 0 aliphatic carbocycles. The monoisotopic (exact) mass is 321 g/mol. The maximum Gasteiger partial charge on any atom is 0.261 e. The number of hydrogen-bond donors (Lipinski definition) is 1. The number of rotatable bonds is 4. The molecule has 0 amide bonds. The lowest BCUT2D eigenvalue weighted by atomic mass is 10.2. The van der Waals surface area contributed by atoms with Gasteiger partial charge in [0.1, 0.15) is 16.8 Å². The predicted octanol–water partition coefficient (Wildman–Crippen LogP) is 1.83. The fourth-order valence-corrected chi connectivity index (χ4v) is 2.98. The lowest BCUT2D eigenvalue weighted by Gasteiger charge is -2.05. The van der Waals surface area contributed by atoms with E-state index in [1.807, 2.05) is 0 Å². The van der Waals surface area contributed by atoms with Crippen molar-refractivity contribution >= 4 is 21.6 Å². The highest BCUT2D eigenvalue weighted by molar-refractivity contribution is 7.89. The van der Waals surface area contributed by atoms with E-state index in [9.17, 15) is 17.2 Å². The van der Waals surface area contributed by atoms with Gasteiger partial charge in [-0.05, 0) is 17.7 Å². The molecule has 0 aliphatic heterocycles. The van der Waals surface area contributed by atoms with E-state index in [0.29, 0.717) is 6.07 Å². The molecule has 9 heteroatoms. The van der Waals surface area contributed by atoms with Crippen molar-refractivity contribution in [3.63, 3.8) is 0 Å². The number of aryl methyl sites for hydroxylation is 1. The lowest BCUT2D eigenvalue weighted by molar-refractivity contribution is 0.569. The summed E-state index contributed by atoms with van der Waals surface area (Å²) in [5, 5.41) is -0.388. The van der Waals surface area contributed by atoms with Crippen molar-refractivity contribution in [3.05, 3.63) is 46.9 Å². The second kappa shape index (κ2) is 5.47. The zero-order chi connectivity index (χ0) is 14.9. The molecule has 1 heterocycles. The number of aromatic nitrogens is 2. The molecule has 0 radical (unpaired) electrons. The molecule has 1 aromatic carbocycles. The van der Waals surface area contributed by atoms with Crippen molar-refractivity contribution in [2.75, 3.05) is 0 Å². The highest BCUT2D eigenvalue weighted by Gasteiger charge is 2.22. The summed E-state index contributed by atoms with van der Waals surface area (Å²) in [4.78, 5) is 3.67. The van der Waals surface area contributed by atoms with Crippen LogP contribution in [-0.2, 0) is 23.6 Å². The van der Waals surface area contributed by atoms with Crippen LogP contribution in [0.2, 0.25) is 5.15 Å². The summed E-state index contributed by atoms with van der Waals surface area (Å²) in [7, 11) is -2.41. The van der Waals surface area contributed by atoms with E-state index in [-0.39, 0.29) is 22.3 Å². The Kier molecular flexibility index (Phi) is 4.07. The second-order valence-corrected chi connectivity index (χ2v) is 6.09. The molecule has 0 saturated carbocycles. The van der Waals surface area contributed by atoms with Crippen LogP contribution in [0.3, 0.4) is 0 Å². The van der Waals surface area contributed by atoms with Gasteiger partial charge in [0, 0.05) is 19.7 Å². The summed E-state index contributed by atoms with van der Waals surface area (Å²) in [6, 6.07) is 2.77. The van der Waals surface area contributed by atoms with Gasteiger partial charge < -0.3 is 4.57 Å². The first-order valence-corrected chi connectivity index (χ1v) is 7.27. The van der Waals surface area contributed by atoms with Crippen molar-refractivity contribution in [2.45, 2.75) is 11.6 Å². The van der Waals surface area contributed by atoms with Gasteiger partial charge in [0.05, 0.1) is 6.33 Å². The maximum absolute atomic E-state index is 13.0. The second-order valence-electron chi connectivity index (χ2n) is 4.05. The van der Waals surface area contributed by atoms with Gasteiger partial charge >= 0.3 is 0 Å². The molecule has 0 fully saturated rings. The van der Waals surface area contributed by atoms with Gasteiger partial charge in [-0.2, -0.15) is 0 Å². The van der Waals surface area contributed by atoms with Crippen LogP contribution in [0.15, 0.2) is 29.6 Å². The first kappa shape index (κ1) is 14.9. The molecule has 2 aromatic rings. The van der Waals surface area contributed by atoms with E-state index in [1.54, 1.807) is 0 Å². The van der Waals surface area contributed by atoms with Crippen LogP contribution >= 0.6 is 11.6 Å². The van der Waals surface area contributed by atoms with Crippen LogP contribution in [0, 0.1) is 11.6 Å². The standard InChI is InChI=1S/C11H10ClF2N3O2S/c1-17-6-15-11(10(17)12)20(18,19)16-5-7-2-8(13)4-9(14)3-7/h2-4,6,16H,5H2,1H3. The van der Waals surface area contributed by atoms with Crippen molar-refractivity contribution < 1.29 is 17.2 Å². The predicted molar refractivity (Wildman–Crippen MR) is 68.6 cm³/mol.